The van der Waals surface area contributed by atoms with E-state index in [1.807, 2.05) is 37.5 Å². The number of carbonyl (C=O) groups is 1. The number of likely N-dealkylation sites (N-methyl/N-ethyl adjacent to an activating group) is 1. The van der Waals surface area contributed by atoms with Gasteiger partial charge in [-0.15, -0.1) is 0 Å². The van der Waals surface area contributed by atoms with Crippen LogP contribution in [0.4, 0.5) is 20.2 Å². The number of aromatic nitrogens is 4. The van der Waals surface area contributed by atoms with Crippen molar-refractivity contribution in [3.05, 3.63) is 92.4 Å². The maximum absolute atomic E-state index is 17.8. The van der Waals surface area contributed by atoms with Gasteiger partial charge in [-0.05, 0) is 62.1 Å². The molecule has 10 nitrogen and oxygen atoms in total. The zero-order valence-electron chi connectivity index (χ0n) is 28.7. The highest BCUT2D eigenvalue weighted by Gasteiger charge is 2.42. The molecule has 2 aromatic carbocycles. The quantitative estimate of drug-likeness (QED) is 0.262. The molecular formula is C37H39F2N7O3. The number of hydrogen-bond donors (Lipinski definition) is 1. The van der Waals surface area contributed by atoms with Crippen molar-refractivity contribution in [3.63, 3.8) is 0 Å². The number of benzene rings is 2. The summed E-state index contributed by atoms with van der Waals surface area (Å²) < 4.78 is 37.4. The molecule has 2 unspecified atom stereocenters. The van der Waals surface area contributed by atoms with Crippen molar-refractivity contribution in [1.82, 2.24) is 24.0 Å². The molecule has 2 atom stereocenters. The Kier molecular flexibility index (Phi) is 7.53. The van der Waals surface area contributed by atoms with Crippen LogP contribution in [-0.4, -0.2) is 68.7 Å². The van der Waals surface area contributed by atoms with Gasteiger partial charge in [-0.25, -0.2) is 13.6 Å². The number of amides is 1. The fourth-order valence-corrected chi connectivity index (χ4v) is 7.86. The maximum Gasteiger partial charge on any atom is 0.326 e. The Morgan fingerprint density at radius 3 is 2.43 bits per heavy atom. The minimum atomic E-state index is -0.921. The molecule has 254 valence electrons. The summed E-state index contributed by atoms with van der Waals surface area (Å²) in [4.78, 5) is 53.5. The third-order valence-corrected chi connectivity index (χ3v) is 10.2. The van der Waals surface area contributed by atoms with Gasteiger partial charge in [0.25, 0.3) is 5.56 Å². The first-order valence-corrected chi connectivity index (χ1v) is 16.4. The lowest BCUT2D eigenvalue weighted by molar-refractivity contribution is -0.128. The molecular weight excluding hydrogens is 628 g/mol. The van der Waals surface area contributed by atoms with Crippen LogP contribution >= 0.6 is 0 Å². The van der Waals surface area contributed by atoms with E-state index < -0.39 is 22.9 Å². The van der Waals surface area contributed by atoms with E-state index in [1.165, 1.54) is 21.3 Å². The van der Waals surface area contributed by atoms with E-state index in [0.29, 0.717) is 64.6 Å². The normalized spacial score (nSPS) is 17.6. The number of nitrogens with one attached hydrogen (secondary N) is 1. The van der Waals surface area contributed by atoms with E-state index in [9.17, 15) is 9.59 Å². The zero-order valence-corrected chi connectivity index (χ0v) is 28.7. The number of imidazole rings is 1. The predicted molar refractivity (Wildman–Crippen MR) is 189 cm³/mol. The van der Waals surface area contributed by atoms with E-state index in [-0.39, 0.29) is 45.9 Å². The largest absolute Gasteiger partial charge is 0.366 e. The molecule has 5 aromatic rings. The summed E-state index contributed by atoms with van der Waals surface area (Å²) in [7, 11) is 3.34. The summed E-state index contributed by atoms with van der Waals surface area (Å²) in [6.07, 6.45) is 2.96. The van der Waals surface area contributed by atoms with Crippen molar-refractivity contribution in [2.24, 2.45) is 7.05 Å². The van der Waals surface area contributed by atoms with Crippen LogP contribution in [0.2, 0.25) is 0 Å². The molecule has 0 aliphatic carbocycles. The van der Waals surface area contributed by atoms with Crippen molar-refractivity contribution in [1.29, 1.82) is 0 Å². The summed E-state index contributed by atoms with van der Waals surface area (Å²) in [5, 5.41) is 0.228. The number of anilines is 2. The average molecular weight is 668 g/mol. The van der Waals surface area contributed by atoms with Crippen LogP contribution in [0.5, 0.6) is 0 Å². The Morgan fingerprint density at radius 2 is 1.73 bits per heavy atom. The van der Waals surface area contributed by atoms with Gasteiger partial charge < -0.3 is 19.7 Å². The van der Waals surface area contributed by atoms with Gasteiger partial charge in [0.15, 0.2) is 5.82 Å². The van der Waals surface area contributed by atoms with Gasteiger partial charge in [-0.3, -0.25) is 23.7 Å². The van der Waals surface area contributed by atoms with E-state index >= 15 is 13.6 Å². The second-order valence-electron chi connectivity index (χ2n) is 13.7. The second kappa shape index (κ2) is 11.4. The minimum Gasteiger partial charge on any atom is -0.366 e. The van der Waals surface area contributed by atoms with Crippen LogP contribution in [0, 0.1) is 25.5 Å². The smallest absolute Gasteiger partial charge is 0.326 e. The molecule has 7 rings (SSSR count). The zero-order chi connectivity index (χ0) is 35.2. The number of pyridine rings is 2. The van der Waals surface area contributed by atoms with Crippen molar-refractivity contribution >= 4 is 39.2 Å². The molecule has 2 aliphatic rings. The molecule has 12 heteroatoms. The van der Waals surface area contributed by atoms with Gasteiger partial charge in [0, 0.05) is 56.9 Å². The lowest BCUT2D eigenvalue weighted by Gasteiger charge is -2.51. The Morgan fingerprint density at radius 1 is 1.00 bits per heavy atom. The maximum atomic E-state index is 17.8. The Labute approximate surface area is 281 Å². The van der Waals surface area contributed by atoms with Crippen molar-refractivity contribution in [3.8, 4) is 16.8 Å². The van der Waals surface area contributed by atoms with Gasteiger partial charge >= 0.3 is 5.69 Å². The van der Waals surface area contributed by atoms with Gasteiger partial charge in [-0.1, -0.05) is 26.5 Å². The molecule has 1 N–H and O–H groups in total. The highest BCUT2D eigenvalue weighted by molar-refractivity contribution is 6.05. The summed E-state index contributed by atoms with van der Waals surface area (Å²) in [6, 6.07) is 6.00. The number of aromatic amines is 1. The monoisotopic (exact) mass is 667 g/mol. The number of H-pyrrole nitrogens is 1. The molecule has 1 amide bonds. The number of rotatable bonds is 4. The van der Waals surface area contributed by atoms with Gasteiger partial charge in [0.1, 0.15) is 11.5 Å². The summed E-state index contributed by atoms with van der Waals surface area (Å²) >= 11 is 0. The van der Waals surface area contributed by atoms with Crippen molar-refractivity contribution in [2.75, 3.05) is 36.5 Å². The summed E-state index contributed by atoms with van der Waals surface area (Å²) in [5.41, 5.74) is 2.77. The molecule has 0 spiro atoms. The standard InChI is InChI=1S/C37H39F2N7O3/c1-9-26(47)44-17-22-16-42(7)35-33(45(22)15-21(44)6)23-14-24(38)28(27-19(4)10-11-25-34(27)43(8)37(49)41-25)29(39)32(23)46(36(35)48)31-20(5)12-13-40-30(31)18(2)3/h9-14,18,21-22H,1,15-17H2,2-8H3,(H,41,49). The molecule has 0 bridgehead atoms. The number of halogens is 2. The van der Waals surface area contributed by atoms with Gasteiger partial charge in [0.05, 0.1) is 45.2 Å². The van der Waals surface area contributed by atoms with Crippen LogP contribution in [0.25, 0.3) is 38.8 Å². The molecule has 1 saturated heterocycles. The molecule has 2 aliphatic heterocycles. The molecule has 0 radical (unpaired) electrons. The third kappa shape index (κ3) is 4.63. The van der Waals surface area contributed by atoms with E-state index in [4.69, 9.17) is 0 Å². The number of nitrogens with zero attached hydrogens (tertiary/aromatic N) is 6. The highest BCUT2D eigenvalue weighted by Crippen LogP contribution is 2.45. The third-order valence-electron chi connectivity index (χ3n) is 10.2. The lowest BCUT2D eigenvalue weighted by atomic mass is 9.93. The average Bonchev–Trinajstić information content (AvgIpc) is 3.34. The number of piperazine rings is 1. The van der Waals surface area contributed by atoms with Gasteiger partial charge in [0.2, 0.25) is 5.91 Å². The molecule has 3 aromatic heterocycles. The molecule has 49 heavy (non-hydrogen) atoms. The minimum absolute atomic E-state index is 0.0820. The number of hydrogen-bond acceptors (Lipinski definition) is 6. The van der Waals surface area contributed by atoms with Crippen LogP contribution in [0.15, 0.2) is 52.7 Å². The van der Waals surface area contributed by atoms with Crippen molar-refractivity contribution < 1.29 is 13.6 Å². The first-order valence-electron chi connectivity index (χ1n) is 16.4. The molecule has 5 heterocycles. The molecule has 1 fully saturated rings. The Bertz CT molecular complexity index is 2360. The SMILES string of the molecule is C=CC(=O)N1CC2CN(C)c3c(c4cc(F)c(-c5c(C)ccc6[nH]c(=O)n(C)c56)c(F)c4n(-c4c(C)ccnc4C(C)C)c3=O)N2CC1C. The number of aryl methyl sites for hydroxylation is 3. The topological polar surface area (TPSA) is 99.5 Å². The van der Waals surface area contributed by atoms with Gasteiger partial charge in [-0.2, -0.15) is 0 Å². The fourth-order valence-electron chi connectivity index (χ4n) is 7.86. The van der Waals surface area contributed by atoms with Crippen LogP contribution in [-0.2, 0) is 11.8 Å². The van der Waals surface area contributed by atoms with Crippen molar-refractivity contribution in [2.45, 2.75) is 52.6 Å². The summed E-state index contributed by atoms with van der Waals surface area (Å²) in [6.45, 7) is 14.2. The second-order valence-corrected chi connectivity index (χ2v) is 13.7. The highest BCUT2D eigenvalue weighted by atomic mass is 19.1. The van der Waals surface area contributed by atoms with E-state index in [2.05, 4.69) is 16.5 Å². The molecule has 0 saturated carbocycles. The summed E-state index contributed by atoms with van der Waals surface area (Å²) in [5.74, 6) is -2.07. The number of carbonyl (C=O) groups excluding carboxylic acids is 1. The first kappa shape index (κ1) is 32.3. The fraction of sp³-hybridized carbons (Fsp3) is 0.351. The number of fused-ring (bicyclic) bond motifs is 6. The van der Waals surface area contributed by atoms with E-state index in [0.717, 1.165) is 0 Å². The van der Waals surface area contributed by atoms with Crippen LogP contribution in [0.3, 0.4) is 0 Å². The van der Waals surface area contributed by atoms with E-state index in [1.54, 1.807) is 50.3 Å². The van der Waals surface area contributed by atoms with Crippen LogP contribution < -0.4 is 21.0 Å². The Balaban J connectivity index is 1.65. The predicted octanol–water partition coefficient (Wildman–Crippen LogP) is 5.29. The Hall–Kier alpha value is -5.26. The van der Waals surface area contributed by atoms with Crippen LogP contribution in [0.1, 0.15) is 43.5 Å². The first-order chi connectivity index (χ1) is 23.3. The lowest BCUT2D eigenvalue weighted by Crippen LogP contribution is -2.64.